The Labute approximate surface area is 95.3 Å². The molecule has 0 bridgehead atoms. The molecule has 0 unspecified atom stereocenters. The van der Waals surface area contributed by atoms with Crippen molar-refractivity contribution in [3.8, 4) is 6.07 Å². The minimum absolute atomic E-state index is 0.0151. The molecule has 0 aromatic heterocycles. The van der Waals surface area contributed by atoms with Gasteiger partial charge in [-0.2, -0.15) is 5.26 Å². The van der Waals surface area contributed by atoms with Gasteiger partial charge >= 0.3 is 0 Å². The lowest BCUT2D eigenvalue weighted by Crippen LogP contribution is -2.34. The van der Waals surface area contributed by atoms with E-state index in [9.17, 15) is 4.79 Å². The maximum absolute atomic E-state index is 11.5. The molecule has 3 heteroatoms. The second kappa shape index (κ2) is 3.97. The Hall–Kier alpha value is -1.82. The van der Waals surface area contributed by atoms with Crippen LogP contribution in [0.25, 0.3) is 0 Å². The van der Waals surface area contributed by atoms with Crippen LogP contribution < -0.4 is 4.90 Å². The van der Waals surface area contributed by atoms with E-state index >= 15 is 0 Å². The summed E-state index contributed by atoms with van der Waals surface area (Å²) < 4.78 is 0. The van der Waals surface area contributed by atoms with E-state index in [1.807, 2.05) is 13.0 Å². The van der Waals surface area contributed by atoms with Crippen molar-refractivity contribution in [2.75, 3.05) is 11.4 Å². The van der Waals surface area contributed by atoms with Gasteiger partial charge in [-0.1, -0.05) is 6.07 Å². The number of fused-ring (bicyclic) bond motifs is 1. The van der Waals surface area contributed by atoms with E-state index < -0.39 is 0 Å². The van der Waals surface area contributed by atoms with Gasteiger partial charge < -0.3 is 4.90 Å². The molecular weight excluding hydrogens is 200 g/mol. The smallest absolute Gasteiger partial charge is 0.223 e. The monoisotopic (exact) mass is 214 g/mol. The van der Waals surface area contributed by atoms with E-state index in [0.29, 0.717) is 5.56 Å². The van der Waals surface area contributed by atoms with Crippen LogP contribution in [0.5, 0.6) is 0 Å². The number of hydrogen-bond acceptors (Lipinski definition) is 2. The SMILES string of the molecule is CC(=O)N1CCCc2cc(C)cc(C#N)c21. The van der Waals surface area contributed by atoms with Crippen molar-refractivity contribution in [2.24, 2.45) is 0 Å². The quantitative estimate of drug-likeness (QED) is 0.664. The van der Waals surface area contributed by atoms with Crippen molar-refractivity contribution in [1.82, 2.24) is 0 Å². The van der Waals surface area contributed by atoms with E-state index in [0.717, 1.165) is 36.2 Å². The molecule has 82 valence electrons. The van der Waals surface area contributed by atoms with Gasteiger partial charge in [-0.3, -0.25) is 4.79 Å². The Bertz CT molecular complexity index is 485. The number of benzene rings is 1. The number of nitriles is 1. The standard InChI is InChI=1S/C13H14N2O/c1-9-6-11-4-3-5-15(10(2)16)13(11)12(7-9)8-14/h6-7H,3-5H2,1-2H3. The predicted molar refractivity (Wildman–Crippen MR) is 62.2 cm³/mol. The van der Waals surface area contributed by atoms with E-state index in [2.05, 4.69) is 12.1 Å². The van der Waals surface area contributed by atoms with Crippen LogP contribution in [0.1, 0.15) is 30.0 Å². The van der Waals surface area contributed by atoms with Gasteiger partial charge in [-0.25, -0.2) is 0 Å². The fourth-order valence-electron chi connectivity index (χ4n) is 2.30. The summed E-state index contributed by atoms with van der Waals surface area (Å²) in [6, 6.07) is 6.11. The van der Waals surface area contributed by atoms with Gasteiger partial charge in [0.05, 0.1) is 11.3 Å². The molecular formula is C13H14N2O. The van der Waals surface area contributed by atoms with Crippen molar-refractivity contribution >= 4 is 11.6 Å². The summed E-state index contributed by atoms with van der Waals surface area (Å²) in [5, 5.41) is 9.13. The van der Waals surface area contributed by atoms with Crippen LogP contribution in [-0.2, 0) is 11.2 Å². The minimum Gasteiger partial charge on any atom is -0.311 e. The van der Waals surface area contributed by atoms with Crippen molar-refractivity contribution in [3.63, 3.8) is 0 Å². The molecule has 0 N–H and O–H groups in total. The normalized spacial score (nSPS) is 14.2. The molecule has 0 saturated heterocycles. The van der Waals surface area contributed by atoms with Gasteiger partial charge in [0, 0.05) is 13.5 Å². The number of carbonyl (C=O) groups is 1. The van der Waals surface area contributed by atoms with Crippen molar-refractivity contribution in [3.05, 3.63) is 28.8 Å². The van der Waals surface area contributed by atoms with Crippen LogP contribution in [-0.4, -0.2) is 12.5 Å². The predicted octanol–water partition coefficient (Wildman–Crippen LogP) is 2.17. The van der Waals surface area contributed by atoms with E-state index in [-0.39, 0.29) is 5.91 Å². The molecule has 0 saturated carbocycles. The molecule has 0 radical (unpaired) electrons. The summed E-state index contributed by atoms with van der Waals surface area (Å²) >= 11 is 0. The van der Waals surface area contributed by atoms with Crippen LogP contribution in [0, 0.1) is 18.3 Å². The van der Waals surface area contributed by atoms with Crippen LogP contribution in [0.2, 0.25) is 0 Å². The molecule has 3 nitrogen and oxygen atoms in total. The zero-order chi connectivity index (χ0) is 11.7. The molecule has 0 atom stereocenters. The Morgan fingerprint density at radius 1 is 1.50 bits per heavy atom. The molecule has 2 rings (SSSR count). The van der Waals surface area contributed by atoms with Gasteiger partial charge in [0.2, 0.25) is 5.91 Å². The zero-order valence-corrected chi connectivity index (χ0v) is 9.58. The molecule has 0 fully saturated rings. The maximum atomic E-state index is 11.5. The first-order chi connectivity index (χ1) is 7.63. The number of aryl methyl sites for hydroxylation is 2. The zero-order valence-electron chi connectivity index (χ0n) is 9.58. The van der Waals surface area contributed by atoms with Gasteiger partial charge in [0.1, 0.15) is 6.07 Å². The number of anilines is 1. The topological polar surface area (TPSA) is 44.1 Å². The molecule has 1 aromatic carbocycles. The molecule has 1 aliphatic rings. The number of carbonyl (C=O) groups excluding carboxylic acids is 1. The molecule has 0 aliphatic carbocycles. The summed E-state index contributed by atoms with van der Waals surface area (Å²) in [5.41, 5.74) is 3.65. The van der Waals surface area contributed by atoms with Crippen LogP contribution in [0.15, 0.2) is 12.1 Å². The number of rotatable bonds is 0. The molecule has 1 amide bonds. The molecule has 1 aliphatic heterocycles. The highest BCUT2D eigenvalue weighted by molar-refractivity contribution is 5.94. The average Bonchev–Trinajstić information content (AvgIpc) is 2.26. The lowest BCUT2D eigenvalue weighted by Gasteiger charge is -2.29. The summed E-state index contributed by atoms with van der Waals surface area (Å²) in [4.78, 5) is 13.3. The number of hydrogen-bond donors (Lipinski definition) is 0. The Balaban J connectivity index is 2.63. The first-order valence-electron chi connectivity index (χ1n) is 5.45. The highest BCUT2D eigenvalue weighted by atomic mass is 16.2. The first-order valence-corrected chi connectivity index (χ1v) is 5.45. The van der Waals surface area contributed by atoms with Gasteiger partial charge in [0.15, 0.2) is 0 Å². The third kappa shape index (κ3) is 1.67. The Morgan fingerprint density at radius 2 is 2.25 bits per heavy atom. The van der Waals surface area contributed by atoms with E-state index in [1.165, 1.54) is 0 Å². The summed E-state index contributed by atoms with van der Waals surface area (Å²) in [6.07, 6.45) is 1.93. The molecule has 16 heavy (non-hydrogen) atoms. The van der Waals surface area contributed by atoms with E-state index in [4.69, 9.17) is 5.26 Å². The van der Waals surface area contributed by atoms with Crippen molar-refractivity contribution < 1.29 is 4.79 Å². The fraction of sp³-hybridized carbons (Fsp3) is 0.385. The number of nitrogens with zero attached hydrogens (tertiary/aromatic N) is 2. The first kappa shape index (κ1) is 10.7. The van der Waals surface area contributed by atoms with Crippen molar-refractivity contribution in [2.45, 2.75) is 26.7 Å². The highest BCUT2D eigenvalue weighted by Gasteiger charge is 2.23. The summed E-state index contributed by atoms with van der Waals surface area (Å²) in [5.74, 6) is 0.0151. The third-order valence-corrected chi connectivity index (χ3v) is 2.93. The van der Waals surface area contributed by atoms with Gasteiger partial charge in [0.25, 0.3) is 0 Å². The van der Waals surface area contributed by atoms with Gasteiger partial charge in [-0.05, 0) is 37.0 Å². The third-order valence-electron chi connectivity index (χ3n) is 2.93. The van der Waals surface area contributed by atoms with Crippen LogP contribution >= 0.6 is 0 Å². The second-order valence-corrected chi connectivity index (χ2v) is 4.21. The lowest BCUT2D eigenvalue weighted by molar-refractivity contribution is -0.116. The van der Waals surface area contributed by atoms with Crippen LogP contribution in [0.3, 0.4) is 0 Å². The second-order valence-electron chi connectivity index (χ2n) is 4.21. The largest absolute Gasteiger partial charge is 0.311 e. The Morgan fingerprint density at radius 3 is 2.88 bits per heavy atom. The molecule has 1 aromatic rings. The lowest BCUT2D eigenvalue weighted by atomic mass is 9.95. The highest BCUT2D eigenvalue weighted by Crippen LogP contribution is 2.31. The summed E-state index contributed by atoms with van der Waals surface area (Å²) in [6.45, 7) is 4.25. The minimum atomic E-state index is 0.0151. The maximum Gasteiger partial charge on any atom is 0.223 e. The summed E-state index contributed by atoms with van der Waals surface area (Å²) in [7, 11) is 0. The van der Waals surface area contributed by atoms with Gasteiger partial charge in [-0.15, -0.1) is 0 Å². The molecule has 0 spiro atoms. The number of amides is 1. The molecule has 1 heterocycles. The average molecular weight is 214 g/mol. The fourth-order valence-corrected chi connectivity index (χ4v) is 2.30. The van der Waals surface area contributed by atoms with E-state index in [1.54, 1.807) is 11.8 Å². The van der Waals surface area contributed by atoms with Crippen LogP contribution in [0.4, 0.5) is 5.69 Å². The Kier molecular flexibility index (Phi) is 2.66. The van der Waals surface area contributed by atoms with Crippen molar-refractivity contribution in [1.29, 1.82) is 5.26 Å².